The van der Waals surface area contributed by atoms with Gasteiger partial charge in [-0.3, -0.25) is 4.99 Å². The van der Waals surface area contributed by atoms with Gasteiger partial charge >= 0.3 is 0 Å². The Morgan fingerprint density at radius 2 is 2.12 bits per heavy atom. The molecule has 0 saturated heterocycles. The first kappa shape index (κ1) is 16.5. The van der Waals surface area contributed by atoms with Gasteiger partial charge in [-0.25, -0.2) is 0 Å². The third-order valence-electron chi connectivity index (χ3n) is 4.81. The number of aliphatic hydroxyl groups is 1. The van der Waals surface area contributed by atoms with E-state index in [1.807, 2.05) is 0 Å². The second-order valence-electron chi connectivity index (χ2n) is 6.64. The third-order valence-corrected chi connectivity index (χ3v) is 6.42. The highest BCUT2D eigenvalue weighted by Gasteiger charge is 2.21. The number of H-pyrrole nitrogens is 1. The molecular weight excluding hydrogens is 386 g/mol. The van der Waals surface area contributed by atoms with Gasteiger partial charge in [0.2, 0.25) is 0 Å². The largest absolute Gasteiger partial charge is 0.396 e. The van der Waals surface area contributed by atoms with E-state index in [-0.39, 0.29) is 12.6 Å². The molecule has 0 bridgehead atoms. The van der Waals surface area contributed by atoms with Crippen molar-refractivity contribution in [2.45, 2.75) is 44.2 Å². The van der Waals surface area contributed by atoms with Crippen LogP contribution in [0.4, 0.5) is 5.69 Å². The van der Waals surface area contributed by atoms with Gasteiger partial charge in [-0.05, 0) is 37.5 Å². The standard InChI is InChI=1S/C18H22BrN3OS/c19-12-7-11-8-16(18-21-14(5-6-23)10-24-18)22-17(11)15(9-12)20-13-3-1-2-4-13/h7-9,13-14,20,22-23H,1-6,10H2/t14-/m1/s1. The molecule has 0 spiro atoms. The number of anilines is 1. The van der Waals surface area contributed by atoms with Gasteiger partial charge < -0.3 is 15.4 Å². The summed E-state index contributed by atoms with van der Waals surface area (Å²) >= 11 is 5.42. The molecule has 1 fully saturated rings. The van der Waals surface area contributed by atoms with Crippen LogP contribution in [0.25, 0.3) is 10.9 Å². The van der Waals surface area contributed by atoms with Crippen LogP contribution in [-0.4, -0.2) is 39.6 Å². The van der Waals surface area contributed by atoms with E-state index in [2.05, 4.69) is 44.4 Å². The molecule has 128 valence electrons. The van der Waals surface area contributed by atoms with E-state index in [9.17, 15) is 0 Å². The molecular formula is C18H22BrN3OS. The molecule has 4 nitrogen and oxygen atoms in total. The van der Waals surface area contributed by atoms with E-state index in [0.717, 1.165) is 32.9 Å². The molecule has 24 heavy (non-hydrogen) atoms. The Balaban J connectivity index is 1.66. The van der Waals surface area contributed by atoms with Crippen molar-refractivity contribution in [1.29, 1.82) is 0 Å². The normalized spacial score (nSPS) is 21.6. The lowest BCUT2D eigenvalue weighted by atomic mass is 10.2. The highest BCUT2D eigenvalue weighted by Crippen LogP contribution is 2.33. The van der Waals surface area contributed by atoms with Crippen molar-refractivity contribution in [1.82, 2.24) is 4.98 Å². The number of nitrogens with zero attached hydrogens (tertiary/aromatic N) is 1. The zero-order valence-corrected chi connectivity index (χ0v) is 15.9. The van der Waals surface area contributed by atoms with Crippen molar-refractivity contribution in [2.24, 2.45) is 4.99 Å². The summed E-state index contributed by atoms with van der Waals surface area (Å²) in [5.41, 5.74) is 3.42. The Morgan fingerprint density at radius 3 is 2.92 bits per heavy atom. The number of aromatic nitrogens is 1. The van der Waals surface area contributed by atoms with Crippen LogP contribution in [-0.2, 0) is 0 Å². The second-order valence-corrected chi connectivity index (χ2v) is 8.56. The van der Waals surface area contributed by atoms with Crippen LogP contribution in [0, 0.1) is 0 Å². The number of hydrogen-bond donors (Lipinski definition) is 3. The number of fused-ring (bicyclic) bond motifs is 1. The molecule has 2 heterocycles. The van der Waals surface area contributed by atoms with E-state index in [4.69, 9.17) is 10.1 Å². The number of halogens is 1. The highest BCUT2D eigenvalue weighted by atomic mass is 79.9. The maximum Gasteiger partial charge on any atom is 0.114 e. The summed E-state index contributed by atoms with van der Waals surface area (Å²) in [6, 6.07) is 7.33. The molecule has 4 rings (SSSR count). The van der Waals surface area contributed by atoms with Gasteiger partial charge in [-0.1, -0.05) is 28.8 Å². The van der Waals surface area contributed by atoms with Gasteiger partial charge in [0, 0.05) is 28.3 Å². The predicted molar refractivity (Wildman–Crippen MR) is 106 cm³/mol. The van der Waals surface area contributed by atoms with Crippen molar-refractivity contribution < 1.29 is 5.11 Å². The Labute approximate surface area is 154 Å². The summed E-state index contributed by atoms with van der Waals surface area (Å²) < 4.78 is 1.10. The van der Waals surface area contributed by atoms with Gasteiger partial charge in [0.15, 0.2) is 0 Å². The fourth-order valence-electron chi connectivity index (χ4n) is 3.59. The summed E-state index contributed by atoms with van der Waals surface area (Å²) in [5.74, 6) is 0.960. The SMILES string of the molecule is OCC[C@@H]1CSC(c2cc3cc(Br)cc(NC4CCCC4)c3[nH]2)=N1. The van der Waals surface area contributed by atoms with Crippen LogP contribution in [0.15, 0.2) is 27.7 Å². The smallest absolute Gasteiger partial charge is 0.114 e. The lowest BCUT2D eigenvalue weighted by molar-refractivity contribution is 0.280. The second kappa shape index (κ2) is 7.10. The molecule has 0 amide bonds. The van der Waals surface area contributed by atoms with Crippen LogP contribution >= 0.6 is 27.7 Å². The van der Waals surface area contributed by atoms with E-state index in [0.29, 0.717) is 6.04 Å². The Hall–Kier alpha value is -0.980. The van der Waals surface area contributed by atoms with Crippen molar-refractivity contribution in [3.8, 4) is 0 Å². The molecule has 6 heteroatoms. The molecule has 1 saturated carbocycles. The minimum absolute atomic E-state index is 0.205. The predicted octanol–water partition coefficient (Wildman–Crippen LogP) is 4.53. The summed E-state index contributed by atoms with van der Waals surface area (Å²) in [4.78, 5) is 8.33. The first-order valence-corrected chi connectivity index (χ1v) is 10.4. The number of aromatic amines is 1. The zero-order valence-electron chi connectivity index (χ0n) is 13.5. The van der Waals surface area contributed by atoms with Crippen molar-refractivity contribution in [3.63, 3.8) is 0 Å². The monoisotopic (exact) mass is 407 g/mol. The van der Waals surface area contributed by atoms with Crippen LogP contribution < -0.4 is 5.32 Å². The lowest BCUT2D eigenvalue weighted by Crippen LogP contribution is -2.14. The summed E-state index contributed by atoms with van der Waals surface area (Å²) in [7, 11) is 0. The minimum Gasteiger partial charge on any atom is -0.396 e. The van der Waals surface area contributed by atoms with E-state index in [1.54, 1.807) is 11.8 Å². The number of aliphatic imine (C=N–C) groups is 1. The van der Waals surface area contributed by atoms with Crippen LogP contribution in [0.1, 0.15) is 37.8 Å². The topological polar surface area (TPSA) is 60.4 Å². The zero-order chi connectivity index (χ0) is 16.5. The average molecular weight is 408 g/mol. The molecule has 0 radical (unpaired) electrons. The molecule has 1 aromatic heterocycles. The first-order valence-electron chi connectivity index (χ1n) is 8.63. The molecule has 1 aliphatic heterocycles. The molecule has 3 N–H and O–H groups in total. The first-order chi connectivity index (χ1) is 11.7. The van der Waals surface area contributed by atoms with Gasteiger partial charge in [-0.15, -0.1) is 11.8 Å². The average Bonchev–Trinajstić information content (AvgIpc) is 3.26. The number of nitrogens with one attached hydrogen (secondary N) is 2. The number of thioether (sulfide) groups is 1. The Morgan fingerprint density at radius 1 is 1.29 bits per heavy atom. The van der Waals surface area contributed by atoms with E-state index >= 15 is 0 Å². The molecule has 2 aliphatic rings. The maximum atomic E-state index is 9.10. The molecule has 0 unspecified atom stereocenters. The Kier molecular flexibility index (Phi) is 4.88. The van der Waals surface area contributed by atoms with Crippen molar-refractivity contribution >= 4 is 49.3 Å². The Bertz CT molecular complexity index is 767. The maximum absolute atomic E-state index is 9.10. The molecule has 1 atom stereocenters. The van der Waals surface area contributed by atoms with E-state index in [1.165, 1.54) is 36.8 Å². The molecule has 2 aromatic rings. The van der Waals surface area contributed by atoms with Crippen molar-refractivity contribution in [2.75, 3.05) is 17.7 Å². The molecule has 1 aromatic carbocycles. The van der Waals surface area contributed by atoms with Crippen LogP contribution in [0.3, 0.4) is 0 Å². The van der Waals surface area contributed by atoms with Crippen LogP contribution in [0.2, 0.25) is 0 Å². The number of aliphatic hydroxyl groups excluding tert-OH is 1. The fraction of sp³-hybridized carbons (Fsp3) is 0.500. The lowest BCUT2D eigenvalue weighted by Gasteiger charge is -2.14. The third kappa shape index (κ3) is 3.37. The fourth-order valence-corrected chi connectivity index (χ4v) is 5.14. The number of hydrogen-bond acceptors (Lipinski definition) is 4. The summed E-state index contributed by atoms with van der Waals surface area (Å²) in [6.07, 6.45) is 5.91. The summed E-state index contributed by atoms with van der Waals surface area (Å²) in [5, 5.41) is 15.1. The highest BCUT2D eigenvalue weighted by molar-refractivity contribution is 9.10. The van der Waals surface area contributed by atoms with Crippen molar-refractivity contribution in [3.05, 3.63) is 28.4 Å². The number of rotatable bonds is 5. The minimum atomic E-state index is 0.205. The quantitative estimate of drug-likeness (QED) is 0.681. The van der Waals surface area contributed by atoms with Gasteiger partial charge in [0.05, 0.1) is 22.9 Å². The summed E-state index contributed by atoms with van der Waals surface area (Å²) in [6.45, 7) is 0.205. The molecule has 1 aliphatic carbocycles. The van der Waals surface area contributed by atoms with Gasteiger partial charge in [0.1, 0.15) is 5.04 Å². The van der Waals surface area contributed by atoms with Crippen LogP contribution in [0.5, 0.6) is 0 Å². The number of benzene rings is 1. The van der Waals surface area contributed by atoms with E-state index < -0.39 is 0 Å². The van der Waals surface area contributed by atoms with Gasteiger partial charge in [0.25, 0.3) is 0 Å². The van der Waals surface area contributed by atoms with Gasteiger partial charge in [-0.2, -0.15) is 0 Å².